The summed E-state index contributed by atoms with van der Waals surface area (Å²) in [5.41, 5.74) is 6.31. The topological polar surface area (TPSA) is 86.7 Å². The summed E-state index contributed by atoms with van der Waals surface area (Å²) in [5.74, 6) is 0.850. The maximum absolute atomic E-state index is 13.8. The van der Waals surface area contributed by atoms with Crippen LogP contribution >= 0.6 is 0 Å². The number of tetrazole rings is 1. The first-order chi connectivity index (χ1) is 9.11. The molecular formula is C11H14FN5OS. The van der Waals surface area contributed by atoms with Crippen molar-refractivity contribution < 1.29 is 8.60 Å². The predicted molar refractivity (Wildman–Crippen MR) is 71.2 cm³/mol. The van der Waals surface area contributed by atoms with Gasteiger partial charge in [-0.3, -0.25) is 4.21 Å². The van der Waals surface area contributed by atoms with Gasteiger partial charge in [0.15, 0.2) is 5.82 Å². The highest BCUT2D eigenvalue weighted by Gasteiger charge is 2.14. The van der Waals surface area contributed by atoms with Crippen LogP contribution in [0.3, 0.4) is 0 Å². The lowest BCUT2D eigenvalue weighted by Crippen LogP contribution is -2.12. The first-order valence-corrected chi connectivity index (χ1v) is 7.27. The molecule has 2 aromatic rings. The van der Waals surface area contributed by atoms with Crippen molar-refractivity contribution in [1.29, 1.82) is 0 Å². The van der Waals surface area contributed by atoms with E-state index >= 15 is 0 Å². The summed E-state index contributed by atoms with van der Waals surface area (Å²) < 4.78 is 26.6. The number of hydrogen-bond acceptors (Lipinski definition) is 5. The molecule has 0 aliphatic rings. The van der Waals surface area contributed by atoms with Gasteiger partial charge in [-0.25, -0.2) is 9.07 Å². The molecule has 0 fully saturated rings. The minimum atomic E-state index is -0.921. The molecule has 0 aliphatic heterocycles. The van der Waals surface area contributed by atoms with Crippen LogP contribution in [0.25, 0.3) is 11.4 Å². The van der Waals surface area contributed by atoms with Crippen LogP contribution in [0, 0.1) is 5.82 Å². The van der Waals surface area contributed by atoms with Crippen LogP contribution in [0.15, 0.2) is 18.2 Å². The Morgan fingerprint density at radius 1 is 1.47 bits per heavy atom. The van der Waals surface area contributed by atoms with E-state index in [1.807, 2.05) is 6.92 Å². The van der Waals surface area contributed by atoms with Gasteiger partial charge in [0.2, 0.25) is 0 Å². The number of nitrogen functional groups attached to an aromatic ring is 1. The smallest absolute Gasteiger partial charge is 0.185 e. The number of benzene rings is 1. The Morgan fingerprint density at radius 2 is 2.26 bits per heavy atom. The van der Waals surface area contributed by atoms with Crippen molar-refractivity contribution in [3.63, 3.8) is 0 Å². The summed E-state index contributed by atoms with van der Waals surface area (Å²) in [7, 11) is -0.921. The first-order valence-electron chi connectivity index (χ1n) is 5.78. The van der Waals surface area contributed by atoms with Crippen LogP contribution < -0.4 is 5.73 Å². The Bertz CT molecular complexity index is 601. The van der Waals surface area contributed by atoms with E-state index in [9.17, 15) is 8.60 Å². The number of halogens is 1. The van der Waals surface area contributed by atoms with Crippen molar-refractivity contribution in [3.8, 4) is 11.4 Å². The molecule has 0 saturated heterocycles. The number of hydrogen-bond donors (Lipinski definition) is 1. The highest BCUT2D eigenvalue weighted by Crippen LogP contribution is 2.22. The molecule has 102 valence electrons. The van der Waals surface area contributed by atoms with Crippen molar-refractivity contribution in [1.82, 2.24) is 20.2 Å². The third-order valence-electron chi connectivity index (χ3n) is 2.62. The van der Waals surface area contributed by atoms with E-state index < -0.39 is 16.6 Å². The third-order valence-corrected chi connectivity index (χ3v) is 3.90. The molecule has 6 nitrogen and oxygen atoms in total. The maximum Gasteiger partial charge on any atom is 0.185 e. The number of anilines is 1. The van der Waals surface area contributed by atoms with E-state index in [2.05, 4.69) is 15.5 Å². The van der Waals surface area contributed by atoms with Gasteiger partial charge >= 0.3 is 0 Å². The summed E-state index contributed by atoms with van der Waals surface area (Å²) in [4.78, 5) is 0. The summed E-state index contributed by atoms with van der Waals surface area (Å²) in [5, 5.41) is 11.1. The van der Waals surface area contributed by atoms with Crippen LogP contribution in [-0.2, 0) is 17.3 Å². The summed E-state index contributed by atoms with van der Waals surface area (Å²) in [6, 6.07) is 4.22. The fourth-order valence-electron chi connectivity index (χ4n) is 1.60. The summed E-state index contributed by atoms with van der Waals surface area (Å²) >= 11 is 0. The fraction of sp³-hybridized carbons (Fsp3) is 0.364. The van der Waals surface area contributed by atoms with Gasteiger partial charge in [-0.1, -0.05) is 6.92 Å². The molecule has 0 aliphatic carbocycles. The van der Waals surface area contributed by atoms with Crippen LogP contribution in [0.1, 0.15) is 6.92 Å². The molecule has 0 radical (unpaired) electrons. The van der Waals surface area contributed by atoms with Gasteiger partial charge in [0.05, 0.1) is 12.1 Å². The molecule has 1 aromatic carbocycles. The number of nitrogens with two attached hydrogens (primary N) is 1. The van der Waals surface area contributed by atoms with Gasteiger partial charge in [0, 0.05) is 28.0 Å². The highest BCUT2D eigenvalue weighted by molar-refractivity contribution is 7.84. The van der Waals surface area contributed by atoms with E-state index in [0.717, 1.165) is 0 Å². The van der Waals surface area contributed by atoms with Crippen LogP contribution in [0.4, 0.5) is 10.1 Å². The third kappa shape index (κ3) is 3.14. The lowest BCUT2D eigenvalue weighted by Gasteiger charge is -2.06. The van der Waals surface area contributed by atoms with Gasteiger partial charge in [0.25, 0.3) is 0 Å². The molecule has 19 heavy (non-hydrogen) atoms. The van der Waals surface area contributed by atoms with Gasteiger partial charge in [-0.2, -0.15) is 0 Å². The Morgan fingerprint density at radius 3 is 3.00 bits per heavy atom. The van der Waals surface area contributed by atoms with Crippen molar-refractivity contribution in [3.05, 3.63) is 24.0 Å². The Balaban J connectivity index is 2.28. The van der Waals surface area contributed by atoms with Crippen LogP contribution in [0.2, 0.25) is 0 Å². The summed E-state index contributed by atoms with van der Waals surface area (Å²) in [6.07, 6.45) is 0. The lowest BCUT2D eigenvalue weighted by molar-refractivity contribution is 0.611. The molecule has 2 rings (SSSR count). The van der Waals surface area contributed by atoms with Gasteiger partial charge in [0.1, 0.15) is 5.82 Å². The lowest BCUT2D eigenvalue weighted by atomic mass is 10.2. The fourth-order valence-corrected chi connectivity index (χ4v) is 2.26. The SMILES string of the molecule is CCS(=O)CCn1nnnc1-c1cc(N)ccc1F. The summed E-state index contributed by atoms with van der Waals surface area (Å²) in [6.45, 7) is 2.21. The average molecular weight is 283 g/mol. The van der Waals surface area contributed by atoms with Crippen molar-refractivity contribution in [2.24, 2.45) is 0 Å². The molecule has 2 N–H and O–H groups in total. The maximum atomic E-state index is 13.8. The molecule has 0 saturated carbocycles. The second-order valence-corrected chi connectivity index (χ2v) is 5.76. The molecule has 1 aromatic heterocycles. The van der Waals surface area contributed by atoms with Gasteiger partial charge in [-0.15, -0.1) is 5.10 Å². The molecular weight excluding hydrogens is 269 g/mol. The molecule has 1 unspecified atom stereocenters. The van der Waals surface area contributed by atoms with E-state index in [1.165, 1.54) is 22.9 Å². The van der Waals surface area contributed by atoms with E-state index in [4.69, 9.17) is 5.73 Å². The second kappa shape index (κ2) is 5.87. The normalized spacial score (nSPS) is 12.5. The van der Waals surface area contributed by atoms with Crippen LogP contribution in [0.5, 0.6) is 0 Å². The number of nitrogens with zero attached hydrogens (tertiary/aromatic N) is 4. The number of rotatable bonds is 5. The standard InChI is InChI=1S/C11H14FN5OS/c1-2-19(18)6-5-17-11(14-15-16-17)9-7-8(13)3-4-10(9)12/h3-4,7H,2,5-6,13H2,1H3. The second-order valence-electron chi connectivity index (χ2n) is 3.90. The molecule has 0 amide bonds. The molecule has 1 atom stereocenters. The van der Waals surface area contributed by atoms with E-state index in [0.29, 0.717) is 23.7 Å². The molecule has 0 bridgehead atoms. The first kappa shape index (κ1) is 13.6. The monoisotopic (exact) mass is 283 g/mol. The zero-order chi connectivity index (χ0) is 13.8. The Labute approximate surface area is 112 Å². The molecule has 0 spiro atoms. The highest BCUT2D eigenvalue weighted by atomic mass is 32.2. The zero-order valence-corrected chi connectivity index (χ0v) is 11.2. The van der Waals surface area contributed by atoms with Gasteiger partial charge in [-0.05, 0) is 28.6 Å². The van der Waals surface area contributed by atoms with Crippen molar-refractivity contribution in [2.75, 3.05) is 17.2 Å². The number of aryl methyl sites for hydroxylation is 1. The Hall–Kier alpha value is -1.83. The Kier molecular flexibility index (Phi) is 4.20. The van der Waals surface area contributed by atoms with Gasteiger partial charge < -0.3 is 5.73 Å². The largest absolute Gasteiger partial charge is 0.399 e. The average Bonchev–Trinajstić information content (AvgIpc) is 2.87. The van der Waals surface area contributed by atoms with Crippen LogP contribution in [-0.4, -0.2) is 35.9 Å². The number of aromatic nitrogens is 4. The van der Waals surface area contributed by atoms with Crippen molar-refractivity contribution >= 4 is 16.5 Å². The molecule has 1 heterocycles. The minimum Gasteiger partial charge on any atom is -0.399 e. The van der Waals surface area contributed by atoms with Crippen molar-refractivity contribution in [2.45, 2.75) is 13.5 Å². The van der Waals surface area contributed by atoms with E-state index in [1.54, 1.807) is 0 Å². The zero-order valence-electron chi connectivity index (χ0n) is 10.4. The van der Waals surface area contributed by atoms with E-state index in [-0.39, 0.29) is 11.4 Å². The minimum absolute atomic E-state index is 0.243. The molecule has 8 heteroatoms. The predicted octanol–water partition coefficient (Wildman–Crippen LogP) is 0.830. The quantitative estimate of drug-likeness (QED) is 0.821.